The quantitative estimate of drug-likeness (QED) is 0.878. The minimum absolute atomic E-state index is 0.374. The Bertz CT molecular complexity index is 669. The standard InChI is InChI=1S/C16H19N3OS/c1-18-9-10-19(12-6-3-2-5-11(12)18)16-17-15-13(20)7-4-8-14(15)21-16/h2-3,5-6,13,20H,4,7-10H2,1H3. The van der Waals surface area contributed by atoms with Crippen LogP contribution < -0.4 is 9.80 Å². The number of thiazole rings is 1. The van der Waals surface area contributed by atoms with E-state index in [0.717, 1.165) is 43.2 Å². The molecule has 1 aliphatic carbocycles. The van der Waals surface area contributed by atoms with Gasteiger partial charge in [-0.2, -0.15) is 0 Å². The van der Waals surface area contributed by atoms with Crippen LogP contribution in [-0.2, 0) is 6.42 Å². The predicted molar refractivity (Wildman–Crippen MR) is 86.7 cm³/mol. The Kier molecular flexibility index (Phi) is 3.12. The second kappa shape index (κ2) is 5.00. The van der Waals surface area contributed by atoms with E-state index in [9.17, 15) is 5.11 Å². The third-order valence-corrected chi connectivity index (χ3v) is 5.54. The molecule has 4 rings (SSSR count). The molecule has 0 spiro atoms. The van der Waals surface area contributed by atoms with Crippen LogP contribution in [-0.4, -0.2) is 30.2 Å². The molecular weight excluding hydrogens is 282 g/mol. The van der Waals surface area contributed by atoms with E-state index in [0.29, 0.717) is 0 Å². The van der Waals surface area contributed by atoms with Crippen molar-refractivity contribution in [2.45, 2.75) is 25.4 Å². The second-order valence-corrected chi connectivity index (χ2v) is 6.84. The van der Waals surface area contributed by atoms with Crippen molar-refractivity contribution in [3.05, 3.63) is 34.8 Å². The summed E-state index contributed by atoms with van der Waals surface area (Å²) in [7, 11) is 2.13. The summed E-state index contributed by atoms with van der Waals surface area (Å²) in [5.74, 6) is 0. The number of anilines is 3. The van der Waals surface area contributed by atoms with Gasteiger partial charge >= 0.3 is 0 Å². The highest BCUT2D eigenvalue weighted by Crippen LogP contribution is 2.42. The normalized spacial score (nSPS) is 21.1. The summed E-state index contributed by atoms with van der Waals surface area (Å²) in [6.45, 7) is 1.93. The third kappa shape index (κ3) is 2.12. The molecule has 0 fully saturated rings. The van der Waals surface area contributed by atoms with Gasteiger partial charge in [0, 0.05) is 25.0 Å². The molecule has 1 atom stereocenters. The Labute approximate surface area is 128 Å². The molecule has 5 heteroatoms. The van der Waals surface area contributed by atoms with Crippen molar-refractivity contribution in [2.24, 2.45) is 0 Å². The zero-order chi connectivity index (χ0) is 14.4. The van der Waals surface area contributed by atoms with Crippen LogP contribution in [0.5, 0.6) is 0 Å². The fourth-order valence-corrected chi connectivity index (χ4v) is 4.40. The number of hydrogen-bond acceptors (Lipinski definition) is 5. The number of aryl methyl sites for hydroxylation is 1. The molecule has 0 bridgehead atoms. The lowest BCUT2D eigenvalue weighted by Gasteiger charge is -2.35. The Morgan fingerprint density at radius 1 is 1.24 bits per heavy atom. The number of para-hydroxylation sites is 2. The highest BCUT2D eigenvalue weighted by atomic mass is 32.1. The van der Waals surface area contributed by atoms with E-state index >= 15 is 0 Å². The van der Waals surface area contributed by atoms with Gasteiger partial charge in [-0.3, -0.25) is 0 Å². The molecule has 0 saturated carbocycles. The molecule has 1 aromatic heterocycles. The van der Waals surface area contributed by atoms with Gasteiger partial charge in [0.1, 0.15) is 0 Å². The Morgan fingerprint density at radius 2 is 2.05 bits per heavy atom. The summed E-state index contributed by atoms with van der Waals surface area (Å²) >= 11 is 1.75. The Morgan fingerprint density at radius 3 is 2.86 bits per heavy atom. The van der Waals surface area contributed by atoms with Crippen molar-refractivity contribution < 1.29 is 5.11 Å². The van der Waals surface area contributed by atoms with Crippen LogP contribution in [0.4, 0.5) is 16.5 Å². The van der Waals surface area contributed by atoms with Crippen LogP contribution in [0.3, 0.4) is 0 Å². The zero-order valence-corrected chi connectivity index (χ0v) is 12.9. The van der Waals surface area contributed by atoms with Gasteiger partial charge in [0.25, 0.3) is 0 Å². The SMILES string of the molecule is CN1CCN(c2nc3c(s2)CCCC3O)c2ccccc21. The maximum atomic E-state index is 10.1. The number of aromatic nitrogens is 1. The number of rotatable bonds is 1. The van der Waals surface area contributed by atoms with E-state index in [1.54, 1.807) is 11.3 Å². The topological polar surface area (TPSA) is 39.6 Å². The van der Waals surface area contributed by atoms with Crippen molar-refractivity contribution in [3.63, 3.8) is 0 Å². The van der Waals surface area contributed by atoms with Gasteiger partial charge in [-0.15, -0.1) is 11.3 Å². The molecule has 1 aliphatic heterocycles. The summed E-state index contributed by atoms with van der Waals surface area (Å²) in [6, 6.07) is 8.47. The van der Waals surface area contributed by atoms with Gasteiger partial charge in [0.2, 0.25) is 0 Å². The van der Waals surface area contributed by atoms with E-state index in [1.165, 1.54) is 16.3 Å². The lowest BCUT2D eigenvalue weighted by molar-refractivity contribution is 0.153. The van der Waals surface area contributed by atoms with Crippen molar-refractivity contribution >= 4 is 27.8 Å². The number of nitrogens with zero attached hydrogens (tertiary/aromatic N) is 3. The Balaban J connectivity index is 1.76. The molecule has 21 heavy (non-hydrogen) atoms. The number of hydrogen-bond donors (Lipinski definition) is 1. The van der Waals surface area contributed by atoms with Crippen molar-refractivity contribution in [3.8, 4) is 0 Å². The minimum Gasteiger partial charge on any atom is -0.387 e. The molecular formula is C16H19N3OS. The largest absolute Gasteiger partial charge is 0.387 e. The first-order valence-corrected chi connectivity index (χ1v) is 8.31. The summed E-state index contributed by atoms with van der Waals surface area (Å²) in [6.07, 6.45) is 2.59. The van der Waals surface area contributed by atoms with Gasteiger partial charge in [0.15, 0.2) is 5.13 Å². The lowest BCUT2D eigenvalue weighted by atomic mass is 10.0. The maximum Gasteiger partial charge on any atom is 0.190 e. The van der Waals surface area contributed by atoms with Crippen molar-refractivity contribution in [1.29, 1.82) is 0 Å². The molecule has 0 amide bonds. The first-order chi connectivity index (χ1) is 10.2. The van der Waals surface area contributed by atoms with Gasteiger partial charge < -0.3 is 14.9 Å². The number of benzene rings is 1. The first kappa shape index (κ1) is 13.1. The summed E-state index contributed by atoms with van der Waals surface area (Å²) in [5, 5.41) is 11.2. The highest BCUT2D eigenvalue weighted by Gasteiger charge is 2.28. The van der Waals surface area contributed by atoms with Crippen LogP contribution in [0.25, 0.3) is 0 Å². The molecule has 2 aromatic rings. The molecule has 1 N–H and O–H groups in total. The average molecular weight is 301 g/mol. The van der Waals surface area contributed by atoms with Crippen LogP contribution in [0.1, 0.15) is 29.5 Å². The highest BCUT2D eigenvalue weighted by molar-refractivity contribution is 7.15. The van der Waals surface area contributed by atoms with E-state index in [4.69, 9.17) is 4.98 Å². The third-order valence-electron chi connectivity index (χ3n) is 4.39. The number of fused-ring (bicyclic) bond motifs is 2. The smallest absolute Gasteiger partial charge is 0.190 e. The summed E-state index contributed by atoms with van der Waals surface area (Å²) in [5.41, 5.74) is 3.38. The fraction of sp³-hybridized carbons (Fsp3) is 0.438. The Hall–Kier alpha value is -1.59. The monoisotopic (exact) mass is 301 g/mol. The van der Waals surface area contributed by atoms with Crippen LogP contribution >= 0.6 is 11.3 Å². The van der Waals surface area contributed by atoms with Crippen molar-refractivity contribution in [1.82, 2.24) is 4.98 Å². The maximum absolute atomic E-state index is 10.1. The van der Waals surface area contributed by atoms with E-state index < -0.39 is 0 Å². The van der Waals surface area contributed by atoms with Gasteiger partial charge in [-0.05, 0) is 31.4 Å². The average Bonchev–Trinajstić information content (AvgIpc) is 2.93. The molecule has 0 saturated heterocycles. The molecule has 0 radical (unpaired) electrons. The number of aliphatic hydroxyl groups is 1. The minimum atomic E-state index is -0.374. The van der Waals surface area contributed by atoms with Gasteiger partial charge in [-0.25, -0.2) is 4.98 Å². The number of likely N-dealkylation sites (N-methyl/N-ethyl adjacent to an activating group) is 1. The first-order valence-electron chi connectivity index (χ1n) is 7.49. The zero-order valence-electron chi connectivity index (χ0n) is 12.1. The van der Waals surface area contributed by atoms with E-state index in [2.05, 4.69) is 41.1 Å². The van der Waals surface area contributed by atoms with E-state index in [-0.39, 0.29) is 6.10 Å². The van der Waals surface area contributed by atoms with Gasteiger partial charge in [0.05, 0.1) is 23.2 Å². The van der Waals surface area contributed by atoms with E-state index in [1.807, 2.05) is 0 Å². The summed E-state index contributed by atoms with van der Waals surface area (Å²) < 4.78 is 0. The second-order valence-electron chi connectivity index (χ2n) is 5.77. The molecule has 4 nitrogen and oxygen atoms in total. The molecule has 2 aliphatic rings. The van der Waals surface area contributed by atoms with Crippen LogP contribution in [0.15, 0.2) is 24.3 Å². The lowest BCUT2D eigenvalue weighted by Crippen LogP contribution is -2.36. The molecule has 2 heterocycles. The molecule has 110 valence electrons. The van der Waals surface area contributed by atoms with Crippen molar-refractivity contribution in [2.75, 3.05) is 29.9 Å². The fourth-order valence-electron chi connectivity index (χ4n) is 3.20. The molecule has 1 unspecified atom stereocenters. The summed E-state index contributed by atoms with van der Waals surface area (Å²) in [4.78, 5) is 10.6. The van der Waals surface area contributed by atoms with Crippen LogP contribution in [0.2, 0.25) is 0 Å². The van der Waals surface area contributed by atoms with Gasteiger partial charge in [-0.1, -0.05) is 12.1 Å². The molecule has 1 aromatic carbocycles. The predicted octanol–water partition coefficient (Wildman–Crippen LogP) is 3.10. The number of aliphatic hydroxyl groups excluding tert-OH is 1. The van der Waals surface area contributed by atoms with Crippen LogP contribution in [0, 0.1) is 0 Å².